The first kappa shape index (κ1) is 18.4. The molecule has 5 heteroatoms. The number of nitrogens with zero attached hydrogens (tertiary/aromatic N) is 2. The van der Waals surface area contributed by atoms with E-state index in [0.29, 0.717) is 24.9 Å². The fourth-order valence-corrected chi connectivity index (χ4v) is 3.75. The Morgan fingerprint density at radius 2 is 1.86 bits per heavy atom. The maximum absolute atomic E-state index is 12.4. The molecule has 0 radical (unpaired) electrons. The summed E-state index contributed by atoms with van der Waals surface area (Å²) in [4.78, 5) is 19.1. The third-order valence-electron chi connectivity index (χ3n) is 5.18. The van der Waals surface area contributed by atoms with E-state index in [1.807, 2.05) is 36.4 Å². The van der Waals surface area contributed by atoms with Gasteiger partial charge in [0.1, 0.15) is 6.26 Å². The van der Waals surface area contributed by atoms with E-state index in [1.54, 1.807) is 6.26 Å². The molecule has 1 aromatic heterocycles. The summed E-state index contributed by atoms with van der Waals surface area (Å²) in [5.41, 5.74) is 3.03. The first-order valence-corrected chi connectivity index (χ1v) is 9.82. The number of nitrogens with one attached hydrogen (secondary N) is 1. The molecule has 4 rings (SSSR count). The molecule has 0 saturated carbocycles. The SMILES string of the molecule is O=C(CN1CCCC(c2ccccc2)C1)NCc1coc(-c2ccccc2)n1. The Balaban J connectivity index is 1.27. The predicted molar refractivity (Wildman–Crippen MR) is 109 cm³/mol. The van der Waals surface area contributed by atoms with Gasteiger partial charge >= 0.3 is 0 Å². The molecule has 1 amide bonds. The first-order valence-electron chi connectivity index (χ1n) is 9.82. The number of carbonyl (C=O) groups is 1. The van der Waals surface area contributed by atoms with Gasteiger partial charge in [-0.3, -0.25) is 9.69 Å². The highest BCUT2D eigenvalue weighted by Gasteiger charge is 2.22. The fraction of sp³-hybridized carbons (Fsp3) is 0.304. The lowest BCUT2D eigenvalue weighted by Crippen LogP contribution is -2.41. The van der Waals surface area contributed by atoms with E-state index in [0.717, 1.165) is 30.8 Å². The molecular formula is C23H25N3O2. The maximum Gasteiger partial charge on any atom is 0.234 e. The zero-order valence-corrected chi connectivity index (χ0v) is 15.9. The van der Waals surface area contributed by atoms with Crippen molar-refractivity contribution in [1.82, 2.24) is 15.2 Å². The van der Waals surface area contributed by atoms with Gasteiger partial charge in [0, 0.05) is 12.1 Å². The Bertz CT molecular complexity index is 892. The van der Waals surface area contributed by atoms with E-state index >= 15 is 0 Å². The van der Waals surface area contributed by atoms with E-state index in [-0.39, 0.29) is 5.91 Å². The van der Waals surface area contributed by atoms with Crippen LogP contribution in [0.3, 0.4) is 0 Å². The van der Waals surface area contributed by atoms with Crippen LogP contribution in [-0.4, -0.2) is 35.4 Å². The molecule has 0 aliphatic carbocycles. The van der Waals surface area contributed by atoms with E-state index in [9.17, 15) is 4.79 Å². The zero-order valence-electron chi connectivity index (χ0n) is 15.9. The van der Waals surface area contributed by atoms with Crippen molar-refractivity contribution < 1.29 is 9.21 Å². The van der Waals surface area contributed by atoms with Crippen LogP contribution in [0.4, 0.5) is 0 Å². The van der Waals surface area contributed by atoms with Crippen LogP contribution < -0.4 is 5.32 Å². The summed E-state index contributed by atoms with van der Waals surface area (Å²) in [5, 5.41) is 2.96. The number of likely N-dealkylation sites (tertiary alicyclic amines) is 1. The first-order chi connectivity index (χ1) is 13.8. The summed E-state index contributed by atoms with van der Waals surface area (Å²) >= 11 is 0. The summed E-state index contributed by atoms with van der Waals surface area (Å²) in [5.74, 6) is 1.11. The number of carbonyl (C=O) groups excluding carboxylic acids is 1. The van der Waals surface area contributed by atoms with Gasteiger partial charge in [0.2, 0.25) is 11.8 Å². The number of amides is 1. The Hall–Kier alpha value is -2.92. The molecule has 0 bridgehead atoms. The van der Waals surface area contributed by atoms with Crippen LogP contribution in [-0.2, 0) is 11.3 Å². The summed E-state index contributed by atoms with van der Waals surface area (Å²) in [6.45, 7) is 2.70. The minimum Gasteiger partial charge on any atom is -0.444 e. The normalized spacial score (nSPS) is 17.4. The Morgan fingerprint density at radius 1 is 1.11 bits per heavy atom. The van der Waals surface area contributed by atoms with Gasteiger partial charge in [-0.25, -0.2) is 4.98 Å². The number of hydrogen-bond donors (Lipinski definition) is 1. The molecule has 1 saturated heterocycles. The Labute approximate surface area is 165 Å². The number of benzene rings is 2. The average molecular weight is 375 g/mol. The van der Waals surface area contributed by atoms with E-state index < -0.39 is 0 Å². The second-order valence-corrected chi connectivity index (χ2v) is 7.27. The third-order valence-corrected chi connectivity index (χ3v) is 5.18. The van der Waals surface area contributed by atoms with Gasteiger partial charge in [0.15, 0.2) is 0 Å². The van der Waals surface area contributed by atoms with Crippen LogP contribution in [0.15, 0.2) is 71.3 Å². The zero-order chi connectivity index (χ0) is 19.2. The standard InChI is InChI=1S/C23H25N3O2/c27-22(16-26-13-7-12-20(15-26)18-8-3-1-4-9-18)24-14-21-17-28-23(25-21)19-10-5-2-6-11-19/h1-6,8-11,17,20H,7,12-16H2,(H,24,27). The van der Waals surface area contributed by atoms with Crippen molar-refractivity contribution in [3.8, 4) is 11.5 Å². The lowest BCUT2D eigenvalue weighted by atomic mass is 9.91. The molecule has 144 valence electrons. The lowest BCUT2D eigenvalue weighted by Gasteiger charge is -2.32. The molecule has 2 aromatic carbocycles. The van der Waals surface area contributed by atoms with E-state index in [2.05, 4.69) is 39.5 Å². The van der Waals surface area contributed by atoms with Crippen molar-refractivity contribution in [2.45, 2.75) is 25.3 Å². The average Bonchev–Trinajstić information content (AvgIpc) is 3.23. The van der Waals surface area contributed by atoms with Gasteiger partial charge in [-0.2, -0.15) is 0 Å². The highest BCUT2D eigenvalue weighted by atomic mass is 16.3. The molecule has 1 atom stereocenters. The van der Waals surface area contributed by atoms with Crippen LogP contribution in [0.25, 0.3) is 11.5 Å². The molecule has 28 heavy (non-hydrogen) atoms. The number of aromatic nitrogens is 1. The van der Waals surface area contributed by atoms with Gasteiger partial charge in [0.05, 0.1) is 18.8 Å². The van der Waals surface area contributed by atoms with Crippen molar-refractivity contribution in [3.63, 3.8) is 0 Å². The molecule has 5 nitrogen and oxygen atoms in total. The van der Waals surface area contributed by atoms with Crippen molar-refractivity contribution >= 4 is 5.91 Å². The van der Waals surface area contributed by atoms with Gasteiger partial charge in [-0.15, -0.1) is 0 Å². The monoisotopic (exact) mass is 375 g/mol. The third kappa shape index (κ3) is 4.67. The number of piperidine rings is 1. The van der Waals surface area contributed by atoms with Gasteiger partial charge in [0.25, 0.3) is 0 Å². The minimum absolute atomic E-state index is 0.0259. The van der Waals surface area contributed by atoms with Crippen molar-refractivity contribution in [1.29, 1.82) is 0 Å². The summed E-state index contributed by atoms with van der Waals surface area (Å²) in [6.07, 6.45) is 3.91. The second kappa shape index (κ2) is 8.85. The molecule has 1 aliphatic rings. The second-order valence-electron chi connectivity index (χ2n) is 7.27. The quantitative estimate of drug-likeness (QED) is 0.711. The summed E-state index contributed by atoms with van der Waals surface area (Å²) in [6, 6.07) is 20.3. The van der Waals surface area contributed by atoms with Gasteiger partial charge in [-0.05, 0) is 43.0 Å². The number of rotatable bonds is 6. The van der Waals surface area contributed by atoms with E-state index in [4.69, 9.17) is 4.42 Å². The Morgan fingerprint density at radius 3 is 2.64 bits per heavy atom. The maximum atomic E-state index is 12.4. The molecule has 3 aromatic rings. The van der Waals surface area contributed by atoms with Crippen LogP contribution in [0.2, 0.25) is 0 Å². The number of hydrogen-bond acceptors (Lipinski definition) is 4. The highest BCUT2D eigenvalue weighted by molar-refractivity contribution is 5.78. The van der Waals surface area contributed by atoms with Gasteiger partial charge < -0.3 is 9.73 Å². The van der Waals surface area contributed by atoms with Crippen molar-refractivity contribution in [2.75, 3.05) is 19.6 Å². The molecule has 0 spiro atoms. The lowest BCUT2D eigenvalue weighted by molar-refractivity contribution is -0.122. The molecule has 1 aliphatic heterocycles. The topological polar surface area (TPSA) is 58.4 Å². The number of oxazole rings is 1. The molecule has 1 fully saturated rings. The highest BCUT2D eigenvalue weighted by Crippen LogP contribution is 2.26. The largest absolute Gasteiger partial charge is 0.444 e. The smallest absolute Gasteiger partial charge is 0.234 e. The van der Waals surface area contributed by atoms with Crippen LogP contribution in [0.5, 0.6) is 0 Å². The molecule has 2 heterocycles. The van der Waals surface area contributed by atoms with Gasteiger partial charge in [-0.1, -0.05) is 48.5 Å². The fourth-order valence-electron chi connectivity index (χ4n) is 3.75. The van der Waals surface area contributed by atoms with E-state index in [1.165, 1.54) is 12.0 Å². The molecular weight excluding hydrogens is 350 g/mol. The van der Waals surface area contributed by atoms with Crippen LogP contribution in [0.1, 0.15) is 30.0 Å². The predicted octanol–water partition coefficient (Wildman–Crippen LogP) is 3.84. The van der Waals surface area contributed by atoms with Crippen molar-refractivity contribution in [3.05, 3.63) is 78.2 Å². The Kier molecular flexibility index (Phi) is 5.83. The molecule has 1 N–H and O–H groups in total. The summed E-state index contributed by atoms with van der Waals surface area (Å²) < 4.78 is 5.52. The minimum atomic E-state index is 0.0259. The van der Waals surface area contributed by atoms with Crippen LogP contribution in [0, 0.1) is 0 Å². The molecule has 1 unspecified atom stereocenters. The van der Waals surface area contributed by atoms with Crippen molar-refractivity contribution in [2.24, 2.45) is 0 Å². The van der Waals surface area contributed by atoms with Crippen LogP contribution >= 0.6 is 0 Å². The summed E-state index contributed by atoms with van der Waals surface area (Å²) in [7, 11) is 0.